The number of halogens is 1. The van der Waals surface area contributed by atoms with Gasteiger partial charge in [0.1, 0.15) is 5.82 Å². The summed E-state index contributed by atoms with van der Waals surface area (Å²) < 4.78 is 39.6. The molecule has 7 nitrogen and oxygen atoms in total. The van der Waals surface area contributed by atoms with Gasteiger partial charge in [-0.2, -0.15) is 8.42 Å². The molecule has 26 heavy (non-hydrogen) atoms. The van der Waals surface area contributed by atoms with Gasteiger partial charge in [-0.05, 0) is 36.8 Å². The molecule has 0 atom stereocenters. The second kappa shape index (κ2) is 7.18. The van der Waals surface area contributed by atoms with Gasteiger partial charge in [-0.1, -0.05) is 35.6 Å². The van der Waals surface area contributed by atoms with Crippen LogP contribution < -0.4 is 10.0 Å². The second-order valence-electron chi connectivity index (χ2n) is 5.26. The molecule has 1 heterocycles. The molecule has 0 saturated heterocycles. The molecule has 0 radical (unpaired) electrons. The number of rotatable bonds is 5. The van der Waals surface area contributed by atoms with Crippen molar-refractivity contribution in [3.05, 3.63) is 65.5 Å². The Morgan fingerprint density at radius 3 is 2.62 bits per heavy atom. The highest BCUT2D eigenvalue weighted by Gasteiger charge is 2.21. The van der Waals surface area contributed by atoms with Crippen molar-refractivity contribution in [1.29, 1.82) is 0 Å². The minimum absolute atomic E-state index is 0.0397. The van der Waals surface area contributed by atoms with E-state index in [0.29, 0.717) is 16.9 Å². The van der Waals surface area contributed by atoms with Crippen molar-refractivity contribution >= 4 is 38.1 Å². The van der Waals surface area contributed by atoms with Crippen molar-refractivity contribution in [1.82, 2.24) is 10.2 Å². The first-order valence-corrected chi connectivity index (χ1v) is 9.64. The van der Waals surface area contributed by atoms with Gasteiger partial charge in [0.2, 0.25) is 5.13 Å². The van der Waals surface area contributed by atoms with Crippen LogP contribution in [0.2, 0.25) is 0 Å². The van der Waals surface area contributed by atoms with E-state index in [1.807, 2.05) is 0 Å². The van der Waals surface area contributed by atoms with Crippen LogP contribution in [0.3, 0.4) is 0 Å². The molecule has 1 aromatic heterocycles. The number of hydrogen-bond acceptors (Lipinski definition) is 6. The third kappa shape index (κ3) is 4.03. The molecule has 2 aromatic carbocycles. The largest absolute Gasteiger partial charge is 0.296 e. The zero-order valence-electron chi connectivity index (χ0n) is 13.4. The number of nitrogens with one attached hydrogen (secondary N) is 2. The fourth-order valence-electron chi connectivity index (χ4n) is 2.11. The lowest BCUT2D eigenvalue weighted by atomic mass is 10.1. The van der Waals surface area contributed by atoms with Gasteiger partial charge >= 0.3 is 0 Å². The van der Waals surface area contributed by atoms with Crippen LogP contribution in [-0.4, -0.2) is 24.5 Å². The van der Waals surface area contributed by atoms with Crippen molar-refractivity contribution < 1.29 is 17.6 Å². The molecule has 0 unspecified atom stereocenters. The standard InChI is InChI=1S/C16H13FN4O3S2/c1-10-5-2-3-8-13(10)14(22)18-15-19-20-16(25-15)26(23,24)21-12-7-4-6-11(17)9-12/h2-9,21H,1H3,(H,18,19,22). The van der Waals surface area contributed by atoms with Crippen LogP contribution in [0.1, 0.15) is 15.9 Å². The number of aromatic nitrogens is 2. The van der Waals surface area contributed by atoms with Crippen LogP contribution in [-0.2, 0) is 10.0 Å². The molecule has 0 saturated carbocycles. The van der Waals surface area contributed by atoms with E-state index in [9.17, 15) is 17.6 Å². The molecule has 0 bridgehead atoms. The Hall–Kier alpha value is -2.85. The van der Waals surface area contributed by atoms with Crippen LogP contribution in [0.5, 0.6) is 0 Å². The molecule has 10 heteroatoms. The summed E-state index contributed by atoms with van der Waals surface area (Å²) in [7, 11) is -4.04. The van der Waals surface area contributed by atoms with E-state index in [4.69, 9.17) is 0 Å². The number of amides is 1. The molecule has 0 spiro atoms. The van der Waals surface area contributed by atoms with Crippen LogP contribution in [0.15, 0.2) is 52.9 Å². The zero-order valence-corrected chi connectivity index (χ0v) is 15.1. The quantitative estimate of drug-likeness (QED) is 0.650. The van der Waals surface area contributed by atoms with E-state index in [1.54, 1.807) is 31.2 Å². The maximum absolute atomic E-state index is 13.2. The molecule has 0 aliphatic heterocycles. The highest BCUT2D eigenvalue weighted by Crippen LogP contribution is 2.23. The lowest BCUT2D eigenvalue weighted by Crippen LogP contribution is -2.13. The zero-order chi connectivity index (χ0) is 18.7. The summed E-state index contributed by atoms with van der Waals surface area (Å²) in [4.78, 5) is 12.2. The van der Waals surface area contributed by atoms with E-state index in [2.05, 4.69) is 20.2 Å². The van der Waals surface area contributed by atoms with Crippen LogP contribution >= 0.6 is 11.3 Å². The van der Waals surface area contributed by atoms with Gasteiger partial charge in [-0.15, -0.1) is 10.2 Å². The molecule has 0 aliphatic carbocycles. The predicted molar refractivity (Wildman–Crippen MR) is 96.2 cm³/mol. The Kier molecular flexibility index (Phi) is 4.96. The number of aryl methyl sites for hydroxylation is 1. The van der Waals surface area contributed by atoms with Gasteiger partial charge in [-0.25, -0.2) is 4.39 Å². The van der Waals surface area contributed by atoms with Gasteiger partial charge in [0.15, 0.2) is 0 Å². The molecule has 0 aliphatic rings. The first kappa shape index (κ1) is 18.0. The molecule has 3 aromatic rings. The highest BCUT2D eigenvalue weighted by atomic mass is 32.2. The van der Waals surface area contributed by atoms with E-state index in [-0.39, 0.29) is 15.2 Å². The van der Waals surface area contributed by atoms with Gasteiger partial charge in [0, 0.05) is 5.56 Å². The second-order valence-corrected chi connectivity index (χ2v) is 8.09. The van der Waals surface area contributed by atoms with E-state index in [0.717, 1.165) is 11.6 Å². The van der Waals surface area contributed by atoms with Gasteiger partial charge in [-0.3, -0.25) is 14.8 Å². The number of benzene rings is 2. The minimum Gasteiger partial charge on any atom is -0.296 e. The average molecular weight is 392 g/mol. The first-order valence-electron chi connectivity index (χ1n) is 7.34. The fourth-order valence-corrected chi connectivity index (χ4v) is 4.06. The van der Waals surface area contributed by atoms with Crippen molar-refractivity contribution in [2.45, 2.75) is 11.3 Å². The number of carbonyl (C=O) groups is 1. The molecular weight excluding hydrogens is 379 g/mol. The number of carbonyl (C=O) groups excluding carboxylic acids is 1. The molecule has 3 rings (SSSR count). The molecule has 1 amide bonds. The number of hydrogen-bond donors (Lipinski definition) is 2. The van der Waals surface area contributed by atoms with Gasteiger partial charge in [0.05, 0.1) is 5.69 Å². The van der Waals surface area contributed by atoms with Crippen LogP contribution in [0, 0.1) is 12.7 Å². The summed E-state index contributed by atoms with van der Waals surface area (Å²) >= 11 is 0.694. The van der Waals surface area contributed by atoms with Crippen LogP contribution in [0.25, 0.3) is 0 Å². The summed E-state index contributed by atoms with van der Waals surface area (Å²) in [6.07, 6.45) is 0. The molecule has 0 fully saturated rings. The lowest BCUT2D eigenvalue weighted by Gasteiger charge is -2.05. The number of sulfonamides is 1. The monoisotopic (exact) mass is 392 g/mol. The smallest absolute Gasteiger partial charge is 0.291 e. The first-order chi connectivity index (χ1) is 12.3. The predicted octanol–water partition coefficient (Wildman–Crippen LogP) is 3.04. The van der Waals surface area contributed by atoms with Crippen molar-refractivity contribution in [3.8, 4) is 0 Å². The maximum Gasteiger partial charge on any atom is 0.291 e. The van der Waals surface area contributed by atoms with Gasteiger partial charge in [0.25, 0.3) is 20.3 Å². The Morgan fingerprint density at radius 1 is 1.12 bits per heavy atom. The molecule has 2 N–H and O–H groups in total. The van der Waals surface area contributed by atoms with E-state index < -0.39 is 21.7 Å². The third-order valence-electron chi connectivity index (χ3n) is 3.32. The Labute approximate surface area is 153 Å². The Bertz CT molecular complexity index is 1070. The summed E-state index contributed by atoms with van der Waals surface area (Å²) in [5, 5.41) is 9.82. The number of anilines is 2. The van der Waals surface area contributed by atoms with Crippen molar-refractivity contribution in [3.63, 3.8) is 0 Å². The summed E-state index contributed by atoms with van der Waals surface area (Å²) in [6.45, 7) is 1.79. The summed E-state index contributed by atoms with van der Waals surface area (Å²) in [5.41, 5.74) is 1.28. The topological polar surface area (TPSA) is 101 Å². The summed E-state index contributed by atoms with van der Waals surface area (Å²) in [5.74, 6) is -0.991. The minimum atomic E-state index is -4.04. The highest BCUT2D eigenvalue weighted by molar-refractivity contribution is 7.94. The fraction of sp³-hybridized carbons (Fsp3) is 0.0625. The molecular formula is C16H13FN4O3S2. The van der Waals surface area contributed by atoms with E-state index >= 15 is 0 Å². The summed E-state index contributed by atoms with van der Waals surface area (Å²) in [6, 6.07) is 12.0. The molecule has 134 valence electrons. The maximum atomic E-state index is 13.2. The lowest BCUT2D eigenvalue weighted by molar-refractivity contribution is 0.102. The number of nitrogens with zero attached hydrogens (tertiary/aromatic N) is 2. The third-order valence-corrected chi connectivity index (χ3v) is 5.91. The van der Waals surface area contributed by atoms with Gasteiger partial charge < -0.3 is 0 Å². The average Bonchev–Trinajstić information content (AvgIpc) is 3.04. The van der Waals surface area contributed by atoms with Crippen LogP contribution in [0.4, 0.5) is 15.2 Å². The van der Waals surface area contributed by atoms with E-state index in [1.165, 1.54) is 18.2 Å². The van der Waals surface area contributed by atoms with Crippen molar-refractivity contribution in [2.24, 2.45) is 0 Å². The normalized spacial score (nSPS) is 11.2. The SMILES string of the molecule is Cc1ccccc1C(=O)Nc1nnc(S(=O)(=O)Nc2cccc(F)c2)s1. The Balaban J connectivity index is 1.77. The Morgan fingerprint density at radius 2 is 1.88 bits per heavy atom. The van der Waals surface area contributed by atoms with Crippen molar-refractivity contribution in [2.75, 3.05) is 10.0 Å².